The van der Waals surface area contributed by atoms with Crippen molar-refractivity contribution in [3.63, 3.8) is 0 Å². The van der Waals surface area contributed by atoms with E-state index in [1.807, 2.05) is 6.07 Å². The van der Waals surface area contributed by atoms with E-state index in [1.54, 1.807) is 6.92 Å². The number of hydrazone groups is 1. The number of nitriles is 1. The quantitative estimate of drug-likeness (QED) is 0.648. The molecule has 0 spiro atoms. The molecule has 0 atom stereocenters. The van der Waals surface area contributed by atoms with Crippen LogP contribution in [0.4, 0.5) is 5.69 Å². The van der Waals surface area contributed by atoms with E-state index in [9.17, 15) is 0 Å². The van der Waals surface area contributed by atoms with Gasteiger partial charge in [-0.3, -0.25) is 5.43 Å². The van der Waals surface area contributed by atoms with Crippen molar-refractivity contribution in [1.82, 2.24) is 0 Å². The molecule has 0 saturated carbocycles. The van der Waals surface area contributed by atoms with E-state index >= 15 is 0 Å². The molecule has 0 bridgehead atoms. The molecule has 0 unspecified atom stereocenters. The van der Waals surface area contributed by atoms with Gasteiger partial charge in [-0.25, -0.2) is 0 Å². The van der Waals surface area contributed by atoms with Crippen LogP contribution in [0.25, 0.3) is 0 Å². The Kier molecular flexibility index (Phi) is 4.22. The Labute approximate surface area is 102 Å². The second-order valence-corrected chi connectivity index (χ2v) is 3.92. The number of hydrogen-bond acceptors (Lipinski definition) is 3. The molecular weight excluding hydrogens is 256 g/mol. The van der Waals surface area contributed by atoms with Gasteiger partial charge in [0.05, 0.1) is 15.7 Å². The second-order valence-electron chi connectivity index (χ2n) is 2.67. The summed E-state index contributed by atoms with van der Waals surface area (Å²) in [6.07, 6.45) is 0. The fourth-order valence-electron chi connectivity index (χ4n) is 0.814. The van der Waals surface area contributed by atoms with Crippen molar-refractivity contribution in [2.75, 3.05) is 5.43 Å². The lowest BCUT2D eigenvalue weighted by atomic mass is 10.3. The molecule has 1 rings (SSSR count). The average molecular weight is 263 g/mol. The molecule has 0 aliphatic rings. The van der Waals surface area contributed by atoms with Gasteiger partial charge >= 0.3 is 0 Å². The molecule has 0 radical (unpaired) electrons. The Bertz CT molecular complexity index is 425. The van der Waals surface area contributed by atoms with Gasteiger partial charge in [-0.15, -0.1) is 0 Å². The number of benzene rings is 1. The number of hydrogen-bond donors (Lipinski definition) is 1. The van der Waals surface area contributed by atoms with Crippen LogP contribution in [-0.4, -0.2) is 5.71 Å². The van der Waals surface area contributed by atoms with Crippen LogP contribution in [0.15, 0.2) is 17.2 Å². The first kappa shape index (κ1) is 12.1. The van der Waals surface area contributed by atoms with E-state index in [0.717, 1.165) is 0 Å². The van der Waals surface area contributed by atoms with E-state index in [4.69, 9.17) is 40.1 Å². The van der Waals surface area contributed by atoms with Crippen LogP contribution in [0.1, 0.15) is 6.92 Å². The third-order valence-electron chi connectivity index (χ3n) is 1.50. The summed E-state index contributed by atoms with van der Waals surface area (Å²) in [7, 11) is 0. The first-order valence-corrected chi connectivity index (χ1v) is 5.03. The SMILES string of the molecule is CC(C#N)=NNc1c(Cl)cc(Cl)cc1Cl. The van der Waals surface area contributed by atoms with Crippen molar-refractivity contribution in [3.8, 4) is 6.07 Å². The van der Waals surface area contributed by atoms with Crippen molar-refractivity contribution in [1.29, 1.82) is 5.26 Å². The number of nitrogens with one attached hydrogen (secondary N) is 1. The fraction of sp³-hybridized carbons (Fsp3) is 0.111. The van der Waals surface area contributed by atoms with Gasteiger partial charge in [-0.1, -0.05) is 34.8 Å². The normalized spacial score (nSPS) is 11.0. The van der Waals surface area contributed by atoms with E-state index < -0.39 is 0 Å². The number of nitrogens with zero attached hydrogens (tertiary/aromatic N) is 2. The van der Waals surface area contributed by atoms with Gasteiger partial charge in [0.1, 0.15) is 11.8 Å². The Morgan fingerprint density at radius 2 is 1.87 bits per heavy atom. The Balaban J connectivity index is 3.02. The minimum atomic E-state index is 0.275. The first-order chi connectivity index (χ1) is 7.04. The van der Waals surface area contributed by atoms with E-state index in [2.05, 4.69) is 10.5 Å². The van der Waals surface area contributed by atoms with Crippen molar-refractivity contribution >= 4 is 46.2 Å². The maximum absolute atomic E-state index is 8.49. The number of anilines is 1. The van der Waals surface area contributed by atoms with Crippen molar-refractivity contribution in [3.05, 3.63) is 27.2 Å². The summed E-state index contributed by atoms with van der Waals surface area (Å²) in [4.78, 5) is 0. The molecule has 78 valence electrons. The average Bonchev–Trinajstić information content (AvgIpc) is 2.15. The molecule has 0 aromatic heterocycles. The minimum Gasteiger partial charge on any atom is -0.275 e. The summed E-state index contributed by atoms with van der Waals surface area (Å²) in [5.41, 5.74) is 3.31. The summed E-state index contributed by atoms with van der Waals surface area (Å²) in [5, 5.41) is 13.4. The van der Waals surface area contributed by atoms with Gasteiger partial charge in [0.15, 0.2) is 0 Å². The zero-order valence-electron chi connectivity index (χ0n) is 7.68. The van der Waals surface area contributed by atoms with E-state index in [0.29, 0.717) is 20.8 Å². The lowest BCUT2D eigenvalue weighted by molar-refractivity contribution is 1.33. The molecule has 0 aliphatic heterocycles. The summed E-state index contributed by atoms with van der Waals surface area (Å²) in [6, 6.07) is 4.93. The van der Waals surface area contributed by atoms with Crippen LogP contribution in [0, 0.1) is 11.3 Å². The molecule has 3 nitrogen and oxygen atoms in total. The summed E-state index contributed by atoms with van der Waals surface area (Å²) >= 11 is 17.5. The molecule has 1 aromatic rings. The topological polar surface area (TPSA) is 48.2 Å². The zero-order chi connectivity index (χ0) is 11.4. The summed E-state index contributed by atoms with van der Waals surface area (Å²) in [6.45, 7) is 1.56. The lowest BCUT2D eigenvalue weighted by Crippen LogP contribution is -1.95. The monoisotopic (exact) mass is 261 g/mol. The van der Waals surface area contributed by atoms with Crippen LogP contribution in [0.5, 0.6) is 0 Å². The Hall–Kier alpha value is -0.950. The largest absolute Gasteiger partial charge is 0.275 e. The van der Waals surface area contributed by atoms with Gasteiger partial charge in [-0.2, -0.15) is 10.4 Å². The lowest BCUT2D eigenvalue weighted by Gasteiger charge is -2.06. The van der Waals surface area contributed by atoms with E-state index in [1.165, 1.54) is 12.1 Å². The molecule has 15 heavy (non-hydrogen) atoms. The van der Waals surface area contributed by atoms with Crippen LogP contribution in [0.3, 0.4) is 0 Å². The van der Waals surface area contributed by atoms with Gasteiger partial charge in [0, 0.05) is 5.02 Å². The molecule has 1 aromatic carbocycles. The molecule has 0 heterocycles. The van der Waals surface area contributed by atoms with Crippen molar-refractivity contribution in [2.45, 2.75) is 6.92 Å². The maximum Gasteiger partial charge on any atom is 0.134 e. The van der Waals surface area contributed by atoms with Crippen LogP contribution < -0.4 is 5.43 Å². The minimum absolute atomic E-state index is 0.275. The Morgan fingerprint density at radius 1 is 1.33 bits per heavy atom. The summed E-state index contributed by atoms with van der Waals surface area (Å²) < 4.78 is 0. The highest BCUT2D eigenvalue weighted by molar-refractivity contribution is 6.41. The zero-order valence-corrected chi connectivity index (χ0v) is 9.95. The second kappa shape index (κ2) is 5.22. The van der Waals surface area contributed by atoms with Gasteiger partial charge in [-0.05, 0) is 19.1 Å². The third kappa shape index (κ3) is 3.28. The van der Waals surface area contributed by atoms with Crippen molar-refractivity contribution < 1.29 is 0 Å². The maximum atomic E-state index is 8.49. The van der Waals surface area contributed by atoms with Crippen LogP contribution in [0.2, 0.25) is 15.1 Å². The third-order valence-corrected chi connectivity index (χ3v) is 2.32. The molecule has 0 saturated heterocycles. The molecule has 0 amide bonds. The highest BCUT2D eigenvalue weighted by Gasteiger charge is 2.06. The molecule has 0 fully saturated rings. The molecule has 6 heteroatoms. The smallest absolute Gasteiger partial charge is 0.134 e. The number of halogens is 3. The van der Waals surface area contributed by atoms with Gasteiger partial charge < -0.3 is 0 Å². The molecular formula is C9H6Cl3N3. The fourth-order valence-corrected chi connectivity index (χ4v) is 1.72. The standard InChI is InChI=1S/C9H6Cl3N3/c1-5(4-13)14-15-9-7(11)2-6(10)3-8(9)12/h2-3,15H,1H3. The van der Waals surface area contributed by atoms with Gasteiger partial charge in [0.2, 0.25) is 0 Å². The highest BCUT2D eigenvalue weighted by Crippen LogP contribution is 2.33. The van der Waals surface area contributed by atoms with Gasteiger partial charge in [0.25, 0.3) is 0 Å². The predicted molar refractivity (Wildman–Crippen MR) is 63.8 cm³/mol. The molecule has 0 aliphatic carbocycles. The predicted octanol–water partition coefficient (Wildman–Crippen LogP) is 3.96. The Morgan fingerprint density at radius 3 is 2.33 bits per heavy atom. The van der Waals surface area contributed by atoms with Crippen LogP contribution >= 0.6 is 34.8 Å². The van der Waals surface area contributed by atoms with Crippen molar-refractivity contribution in [2.24, 2.45) is 5.10 Å². The summed E-state index contributed by atoms with van der Waals surface area (Å²) in [5.74, 6) is 0. The number of rotatable bonds is 2. The van der Waals surface area contributed by atoms with E-state index in [-0.39, 0.29) is 5.71 Å². The molecule has 1 N–H and O–H groups in total. The highest BCUT2D eigenvalue weighted by atomic mass is 35.5. The van der Waals surface area contributed by atoms with Crippen LogP contribution in [-0.2, 0) is 0 Å². The first-order valence-electron chi connectivity index (χ1n) is 3.89.